The minimum atomic E-state index is 0.852. The van der Waals surface area contributed by atoms with E-state index < -0.39 is 0 Å². The van der Waals surface area contributed by atoms with E-state index in [0.717, 1.165) is 39.6 Å². The molecule has 0 aliphatic heterocycles. The van der Waals surface area contributed by atoms with E-state index in [2.05, 4.69) is 159 Å². The Kier molecular flexibility index (Phi) is 6.11. The summed E-state index contributed by atoms with van der Waals surface area (Å²) in [6.07, 6.45) is 0. The average Bonchev–Trinajstić information content (AvgIpc) is 3.87. The number of fused-ring (bicyclic) bond motifs is 7. The van der Waals surface area contributed by atoms with Crippen molar-refractivity contribution in [1.29, 1.82) is 0 Å². The predicted octanol–water partition coefficient (Wildman–Crippen LogP) is 10.8. The number of rotatable bonds is 5. The molecule has 5 heteroatoms. The summed E-state index contributed by atoms with van der Waals surface area (Å²) >= 11 is 0. The van der Waals surface area contributed by atoms with Crippen molar-refractivity contribution in [2.75, 3.05) is 0 Å². The zero-order valence-corrected chi connectivity index (χ0v) is 26.5. The van der Waals surface area contributed by atoms with Crippen molar-refractivity contribution in [3.63, 3.8) is 0 Å². The lowest BCUT2D eigenvalue weighted by Crippen LogP contribution is -2.00. The van der Waals surface area contributed by atoms with E-state index in [4.69, 9.17) is 0 Å². The van der Waals surface area contributed by atoms with Gasteiger partial charge in [-0.3, -0.25) is 0 Å². The molecular formula is C44H29N5. The molecule has 3 heterocycles. The largest absolute Gasteiger partial charge is 0.309 e. The molecule has 3 aromatic heterocycles. The lowest BCUT2D eigenvalue weighted by Gasteiger charge is -2.12. The van der Waals surface area contributed by atoms with Gasteiger partial charge >= 0.3 is 0 Å². The fraction of sp³-hybridized carbons (Fsp3) is 0. The molecule has 7 aromatic carbocycles. The number of para-hydroxylation sites is 4. The highest BCUT2D eigenvalue weighted by atomic mass is 15.4. The Morgan fingerprint density at radius 2 is 0.939 bits per heavy atom. The maximum Gasteiger partial charge on any atom is 0.121 e. The average molecular weight is 628 g/mol. The lowest BCUT2D eigenvalue weighted by atomic mass is 10.0. The van der Waals surface area contributed by atoms with Crippen molar-refractivity contribution in [3.05, 3.63) is 176 Å². The summed E-state index contributed by atoms with van der Waals surface area (Å²) in [4.78, 5) is 0. The summed E-state index contributed by atoms with van der Waals surface area (Å²) in [5.41, 5.74) is 11.9. The van der Waals surface area contributed by atoms with Crippen LogP contribution >= 0.6 is 0 Å². The summed E-state index contributed by atoms with van der Waals surface area (Å²) in [5.74, 6) is 0. The van der Waals surface area contributed by atoms with Gasteiger partial charge in [-0.25, -0.2) is 4.68 Å². The topological polar surface area (TPSA) is 40.6 Å². The van der Waals surface area contributed by atoms with E-state index in [1.54, 1.807) is 0 Å². The van der Waals surface area contributed by atoms with Crippen LogP contribution in [0.3, 0.4) is 0 Å². The zero-order chi connectivity index (χ0) is 32.3. The molecule has 0 bridgehead atoms. The predicted molar refractivity (Wildman–Crippen MR) is 201 cm³/mol. The zero-order valence-electron chi connectivity index (χ0n) is 26.5. The van der Waals surface area contributed by atoms with Crippen LogP contribution in [0, 0.1) is 0 Å². The Bertz CT molecular complexity index is 2730. The van der Waals surface area contributed by atoms with Crippen molar-refractivity contribution >= 4 is 43.6 Å². The van der Waals surface area contributed by atoms with E-state index in [1.807, 2.05) is 41.1 Å². The van der Waals surface area contributed by atoms with Crippen molar-refractivity contribution in [1.82, 2.24) is 24.1 Å². The molecule has 0 unspecified atom stereocenters. The molecule has 0 radical (unpaired) electrons. The first-order chi connectivity index (χ1) is 24.3. The molecule has 0 saturated heterocycles. The van der Waals surface area contributed by atoms with Gasteiger partial charge in [0, 0.05) is 44.0 Å². The summed E-state index contributed by atoms with van der Waals surface area (Å²) in [7, 11) is 0. The van der Waals surface area contributed by atoms with Gasteiger partial charge in [-0.15, -0.1) is 5.10 Å². The lowest BCUT2D eigenvalue weighted by molar-refractivity contribution is 0.808. The third kappa shape index (κ3) is 4.19. The van der Waals surface area contributed by atoms with Gasteiger partial charge in [0.15, 0.2) is 0 Å². The number of hydrogen-bond acceptors (Lipinski definition) is 2. The molecular weight excluding hydrogens is 599 g/mol. The Hall–Kier alpha value is -6.72. The Morgan fingerprint density at radius 3 is 1.65 bits per heavy atom. The fourth-order valence-electron chi connectivity index (χ4n) is 7.48. The van der Waals surface area contributed by atoms with Crippen LogP contribution in [0.25, 0.3) is 83.2 Å². The quantitative estimate of drug-likeness (QED) is 0.190. The van der Waals surface area contributed by atoms with Gasteiger partial charge in [0.2, 0.25) is 0 Å². The molecule has 0 atom stereocenters. The highest BCUT2D eigenvalue weighted by Crippen LogP contribution is 2.42. The van der Waals surface area contributed by atoms with Crippen LogP contribution < -0.4 is 0 Å². The van der Waals surface area contributed by atoms with Crippen molar-refractivity contribution in [3.8, 4) is 39.6 Å². The summed E-state index contributed by atoms with van der Waals surface area (Å²) in [6, 6.07) is 62.1. The second-order valence-corrected chi connectivity index (χ2v) is 12.3. The van der Waals surface area contributed by atoms with Crippen molar-refractivity contribution in [2.24, 2.45) is 0 Å². The number of nitrogens with zero attached hydrogens (tertiary/aromatic N) is 5. The van der Waals surface area contributed by atoms with Gasteiger partial charge in [-0.1, -0.05) is 127 Å². The third-order valence-corrected chi connectivity index (χ3v) is 9.60. The van der Waals surface area contributed by atoms with Crippen molar-refractivity contribution < 1.29 is 0 Å². The summed E-state index contributed by atoms with van der Waals surface area (Å²) < 4.78 is 6.76. The first kappa shape index (κ1) is 27.4. The van der Waals surface area contributed by atoms with Crippen LogP contribution in [0.4, 0.5) is 0 Å². The maximum atomic E-state index is 4.68. The van der Waals surface area contributed by atoms with E-state index in [9.17, 15) is 0 Å². The third-order valence-electron chi connectivity index (χ3n) is 9.60. The van der Waals surface area contributed by atoms with E-state index in [-0.39, 0.29) is 0 Å². The van der Waals surface area contributed by atoms with E-state index in [1.165, 1.54) is 43.6 Å². The van der Waals surface area contributed by atoms with Gasteiger partial charge in [-0.05, 0) is 54.6 Å². The Balaban J connectivity index is 1.21. The molecule has 0 aliphatic carbocycles. The molecule has 0 spiro atoms. The summed E-state index contributed by atoms with van der Waals surface area (Å²) in [5, 5.41) is 14.3. The summed E-state index contributed by atoms with van der Waals surface area (Å²) in [6.45, 7) is 0. The van der Waals surface area contributed by atoms with Crippen molar-refractivity contribution in [2.45, 2.75) is 0 Å². The normalized spacial score (nSPS) is 11.7. The van der Waals surface area contributed by atoms with Gasteiger partial charge in [0.05, 0.1) is 27.8 Å². The second kappa shape index (κ2) is 10.9. The van der Waals surface area contributed by atoms with Gasteiger partial charge < -0.3 is 9.13 Å². The van der Waals surface area contributed by atoms with Gasteiger partial charge in [0.25, 0.3) is 0 Å². The molecule has 0 fully saturated rings. The minimum Gasteiger partial charge on any atom is -0.309 e. The molecule has 0 amide bonds. The van der Waals surface area contributed by atoms with Crippen LogP contribution in [0.15, 0.2) is 176 Å². The van der Waals surface area contributed by atoms with Gasteiger partial charge in [0.1, 0.15) is 11.4 Å². The minimum absolute atomic E-state index is 0.852. The fourth-order valence-corrected chi connectivity index (χ4v) is 7.48. The molecule has 0 N–H and O–H groups in total. The molecule has 0 saturated carbocycles. The molecule has 10 rings (SSSR count). The number of aromatic nitrogens is 5. The first-order valence-electron chi connectivity index (χ1n) is 16.5. The standard InChI is InChI=1S/C44H29N5/c1-4-14-30(15-5-1)42-43(49(46-45-42)34-18-8-3-9-19-34)31-24-26-33(27-25-31)47-39-23-13-11-21-37(39)41-40(47)29-28-36-35-20-10-12-22-38(35)48(44(36)41)32-16-6-2-7-17-32/h1-29H. The van der Waals surface area contributed by atoms with Crippen LogP contribution in [-0.2, 0) is 0 Å². The number of hydrogen-bond donors (Lipinski definition) is 0. The molecule has 10 aromatic rings. The second-order valence-electron chi connectivity index (χ2n) is 12.3. The Labute approximate surface area is 282 Å². The van der Waals surface area contributed by atoms with Crippen LogP contribution in [0.5, 0.6) is 0 Å². The van der Waals surface area contributed by atoms with Crippen LogP contribution in [0.1, 0.15) is 0 Å². The highest BCUT2D eigenvalue weighted by Gasteiger charge is 2.22. The Morgan fingerprint density at radius 1 is 0.367 bits per heavy atom. The van der Waals surface area contributed by atoms with Gasteiger partial charge in [-0.2, -0.15) is 0 Å². The van der Waals surface area contributed by atoms with E-state index in [0.29, 0.717) is 0 Å². The number of benzene rings is 7. The smallest absolute Gasteiger partial charge is 0.121 e. The van der Waals surface area contributed by atoms with Crippen LogP contribution in [-0.4, -0.2) is 24.1 Å². The maximum absolute atomic E-state index is 4.68. The molecule has 49 heavy (non-hydrogen) atoms. The highest BCUT2D eigenvalue weighted by molar-refractivity contribution is 6.26. The molecule has 230 valence electrons. The van der Waals surface area contributed by atoms with E-state index >= 15 is 0 Å². The first-order valence-corrected chi connectivity index (χ1v) is 16.5. The molecule has 0 aliphatic rings. The van der Waals surface area contributed by atoms with Crippen LogP contribution in [0.2, 0.25) is 0 Å². The SMILES string of the molecule is c1ccc(-c2nnn(-c3ccccc3)c2-c2ccc(-n3c4ccccc4c4c3ccc3c5ccccc5n(-c5ccccc5)c34)cc2)cc1. The monoisotopic (exact) mass is 627 g/mol. The molecule has 5 nitrogen and oxygen atoms in total.